The quantitative estimate of drug-likeness (QED) is 0.0510. The van der Waals surface area contributed by atoms with Crippen molar-refractivity contribution in [3.05, 3.63) is 141 Å². The first-order valence-electron chi connectivity index (χ1n) is 23.0. The molecule has 6 aromatic rings. The fourth-order valence-electron chi connectivity index (χ4n) is 9.66. The first-order chi connectivity index (χ1) is 31.2. The summed E-state index contributed by atoms with van der Waals surface area (Å²) in [7, 11) is 0.151. The number of hydrogen-bond donors (Lipinski definition) is 4. The summed E-state index contributed by atoms with van der Waals surface area (Å²) in [6, 6.07) is 34.8. The van der Waals surface area contributed by atoms with Gasteiger partial charge in [-0.25, -0.2) is 9.98 Å². The lowest BCUT2D eigenvalue weighted by atomic mass is 10.0. The Kier molecular flexibility index (Phi) is 12.3. The van der Waals surface area contributed by atoms with Crippen LogP contribution in [0.25, 0.3) is 57.2 Å². The van der Waals surface area contributed by atoms with Crippen LogP contribution in [0.3, 0.4) is 0 Å². The van der Waals surface area contributed by atoms with Crippen LogP contribution in [0.5, 0.6) is 0 Å². The molecule has 0 spiro atoms. The number of aromatic nitrogens is 2. The molecule has 4 aliphatic rings. The van der Waals surface area contributed by atoms with E-state index in [-0.39, 0.29) is 0 Å². The first-order valence-corrected chi connectivity index (χ1v) is 24.7. The number of unbranched alkanes of at least 4 members (excludes halogenated alkanes) is 2. The smallest absolute Gasteiger partial charge is 0.361 e. The lowest BCUT2D eigenvalue weighted by Gasteiger charge is -2.35. The molecule has 4 aliphatic heterocycles. The maximum atomic E-state index is 7.81. The van der Waals surface area contributed by atoms with Gasteiger partial charge in [0.1, 0.15) is 0 Å². The normalized spacial score (nSPS) is 15.3. The molecule has 2 aromatic heterocycles. The predicted octanol–water partition coefficient (Wildman–Crippen LogP) is 6.61. The molecule has 0 fully saturated rings. The SMILES string of the molecule is CNCCCCNCCCO[Si]1(OCCCNCCCCNC)n2c3c4ccccc4c2C=C2N=C(C=c4c5ccccc5c(n41)=CC1=NC(=C3)c3ccccc31)c1ccccc12. The maximum absolute atomic E-state index is 7.81. The summed E-state index contributed by atoms with van der Waals surface area (Å²) < 4.78 is 20.6. The van der Waals surface area contributed by atoms with Crippen molar-refractivity contribution in [3.63, 3.8) is 0 Å². The van der Waals surface area contributed by atoms with E-state index in [9.17, 15) is 0 Å². The van der Waals surface area contributed by atoms with Crippen LogP contribution in [0, 0.1) is 0 Å². The predicted molar refractivity (Wildman–Crippen MR) is 264 cm³/mol. The van der Waals surface area contributed by atoms with Crippen LogP contribution in [-0.2, 0) is 8.85 Å². The minimum atomic E-state index is -3.88. The van der Waals surface area contributed by atoms with E-state index in [1.165, 1.54) is 0 Å². The van der Waals surface area contributed by atoms with Gasteiger partial charge in [0.25, 0.3) is 0 Å². The van der Waals surface area contributed by atoms with Crippen molar-refractivity contribution in [1.82, 2.24) is 29.7 Å². The van der Waals surface area contributed by atoms with E-state index >= 15 is 0 Å². The number of nitrogens with one attached hydrogen (secondary N) is 4. The summed E-state index contributed by atoms with van der Waals surface area (Å²) in [4.78, 5) is 10.9. The van der Waals surface area contributed by atoms with E-state index in [1.807, 2.05) is 14.1 Å². The van der Waals surface area contributed by atoms with Crippen molar-refractivity contribution in [3.8, 4) is 0 Å². The molecular weight excluding hydrogens is 797 g/mol. The van der Waals surface area contributed by atoms with E-state index in [4.69, 9.17) is 18.8 Å². The standard InChI is InChI=1S/C52H58N8O2Si/c1-53-25-11-13-27-55-29-15-31-61-63(62-32-16-30-56-28-14-12-26-54-2)59-49-33-45-37-17-3-4-18-38(37)46(57-45)34-50-43-23-9-10-24-44(43)52(60(50)63)36-48-40-20-6-5-19-39(40)47(58-48)35-51(59)42-22-8-7-21-41(42)49/h3-10,17-24,33-36,53-56H,11-16,25-32H2,1-2H3. The largest absolute Gasteiger partial charge is 0.598 e. The Hall–Kier alpha value is -5.50. The van der Waals surface area contributed by atoms with Gasteiger partial charge in [0.15, 0.2) is 0 Å². The number of nitrogens with zero attached hydrogens (tertiary/aromatic N) is 4. The third kappa shape index (κ3) is 7.82. The Labute approximate surface area is 371 Å². The van der Waals surface area contributed by atoms with Gasteiger partial charge in [0, 0.05) is 79.1 Å². The molecule has 10 nitrogen and oxygen atoms in total. The summed E-state index contributed by atoms with van der Waals surface area (Å²) in [5.74, 6) is 0. The third-order valence-electron chi connectivity index (χ3n) is 12.7. The molecule has 63 heavy (non-hydrogen) atoms. The molecule has 11 heteroatoms. The molecule has 0 saturated carbocycles. The Bertz CT molecular complexity index is 2730. The van der Waals surface area contributed by atoms with Crippen LogP contribution >= 0.6 is 0 Å². The average Bonchev–Trinajstić information content (AvgIpc) is 4.03. The van der Waals surface area contributed by atoms with Gasteiger partial charge in [-0.15, -0.1) is 0 Å². The highest BCUT2D eigenvalue weighted by Gasteiger charge is 2.51. The van der Waals surface area contributed by atoms with Crippen LogP contribution in [0.4, 0.5) is 0 Å². The van der Waals surface area contributed by atoms with E-state index < -0.39 is 8.88 Å². The van der Waals surface area contributed by atoms with Crippen LogP contribution in [0.1, 0.15) is 72.2 Å². The molecule has 0 atom stereocenters. The lowest BCUT2D eigenvalue weighted by molar-refractivity contribution is 0.144. The summed E-state index contributed by atoms with van der Waals surface area (Å²) in [6.45, 7) is 6.75. The number of benzene rings is 4. The van der Waals surface area contributed by atoms with Gasteiger partial charge >= 0.3 is 8.88 Å². The Morgan fingerprint density at radius 2 is 0.841 bits per heavy atom. The first kappa shape index (κ1) is 41.5. The Morgan fingerprint density at radius 3 is 1.30 bits per heavy atom. The molecule has 0 amide bonds. The van der Waals surface area contributed by atoms with Gasteiger partial charge in [-0.05, 0) is 116 Å². The van der Waals surface area contributed by atoms with Crippen molar-refractivity contribution in [2.45, 2.75) is 38.5 Å². The van der Waals surface area contributed by atoms with Crippen molar-refractivity contribution < 1.29 is 8.85 Å². The molecule has 0 aliphatic carbocycles. The summed E-state index contributed by atoms with van der Waals surface area (Å²) in [6.07, 6.45) is 15.4. The summed E-state index contributed by atoms with van der Waals surface area (Å²) in [5, 5.41) is 20.5. The highest BCUT2D eigenvalue weighted by molar-refractivity contribution is 6.65. The van der Waals surface area contributed by atoms with E-state index in [2.05, 4.69) is 151 Å². The lowest BCUT2D eigenvalue weighted by Crippen LogP contribution is -2.65. The second-order valence-electron chi connectivity index (χ2n) is 16.8. The molecule has 4 N–H and O–H groups in total. The molecular formula is C52H58N8O2Si. The van der Waals surface area contributed by atoms with Crippen molar-refractivity contribution >= 4 is 77.6 Å². The second kappa shape index (κ2) is 18.7. The minimum Gasteiger partial charge on any atom is -0.361 e. The van der Waals surface area contributed by atoms with Crippen molar-refractivity contribution in [1.29, 1.82) is 0 Å². The molecule has 6 bridgehead atoms. The minimum absolute atomic E-state index is 0.510. The number of hydrogen-bond acceptors (Lipinski definition) is 8. The molecule has 4 aromatic carbocycles. The zero-order chi connectivity index (χ0) is 42.6. The highest BCUT2D eigenvalue weighted by atomic mass is 28.4. The van der Waals surface area contributed by atoms with Gasteiger partial charge < -0.3 is 38.6 Å². The van der Waals surface area contributed by atoms with Gasteiger partial charge in [-0.3, -0.25) is 0 Å². The number of rotatable bonds is 20. The van der Waals surface area contributed by atoms with Gasteiger partial charge in [-0.2, -0.15) is 0 Å². The van der Waals surface area contributed by atoms with Gasteiger partial charge in [0.05, 0.1) is 22.8 Å². The van der Waals surface area contributed by atoms with Crippen LogP contribution in [-0.4, -0.2) is 95.4 Å². The molecule has 10 rings (SSSR count). The zero-order valence-electron chi connectivity index (χ0n) is 36.6. The van der Waals surface area contributed by atoms with Gasteiger partial charge in [0.2, 0.25) is 0 Å². The molecule has 0 saturated heterocycles. The van der Waals surface area contributed by atoms with E-state index in [0.29, 0.717) is 13.2 Å². The number of fused-ring (bicyclic) bond motifs is 14. The summed E-state index contributed by atoms with van der Waals surface area (Å²) >= 11 is 0. The molecule has 0 radical (unpaired) electrons. The fourth-order valence-corrected chi connectivity index (χ4v) is 13.2. The highest BCUT2D eigenvalue weighted by Crippen LogP contribution is 2.40. The maximum Gasteiger partial charge on any atom is 0.598 e. The molecule has 322 valence electrons. The summed E-state index contributed by atoms with van der Waals surface area (Å²) in [5.41, 5.74) is 10.3. The zero-order valence-corrected chi connectivity index (χ0v) is 37.6. The second-order valence-corrected chi connectivity index (χ2v) is 19.4. The Balaban J connectivity index is 1.24. The molecule has 0 unspecified atom stereocenters. The van der Waals surface area contributed by atoms with E-state index in [0.717, 1.165) is 166 Å². The average molecular weight is 855 g/mol. The Morgan fingerprint density at radius 1 is 0.444 bits per heavy atom. The van der Waals surface area contributed by atoms with Crippen LogP contribution in [0.15, 0.2) is 107 Å². The topological polar surface area (TPSA) is 101 Å². The fraction of sp³-hybridized carbons (Fsp3) is 0.308. The third-order valence-corrected chi connectivity index (χ3v) is 15.9. The van der Waals surface area contributed by atoms with Crippen molar-refractivity contribution in [2.75, 3.05) is 66.6 Å². The number of aliphatic imine (C=N–C) groups is 2. The van der Waals surface area contributed by atoms with Crippen molar-refractivity contribution in [2.24, 2.45) is 9.98 Å². The van der Waals surface area contributed by atoms with E-state index in [1.54, 1.807) is 0 Å². The van der Waals surface area contributed by atoms with Crippen LogP contribution in [0.2, 0.25) is 0 Å². The van der Waals surface area contributed by atoms with Crippen LogP contribution < -0.4 is 32.0 Å². The monoisotopic (exact) mass is 854 g/mol. The van der Waals surface area contributed by atoms with Gasteiger partial charge in [-0.1, -0.05) is 97.1 Å². The molecule has 6 heterocycles.